The highest BCUT2D eigenvalue weighted by Gasteiger charge is 2.15. The number of carbonyl (C=O) groups is 1. The zero-order chi connectivity index (χ0) is 16.4. The molecule has 1 N–H and O–H groups in total. The Hall–Kier alpha value is -1.88. The predicted molar refractivity (Wildman–Crippen MR) is 95.8 cm³/mol. The standard InChI is InChI=1S/C17H11Cl2NO2S/c18-11-5-3-4-10(16(11)19)13-8-9-14(22-13)17(21)20-12-6-1-2-7-15(12)23/h1-9,23H,(H,20,21). The second-order valence-electron chi connectivity index (χ2n) is 4.74. The van der Waals surface area contributed by atoms with Crippen LogP contribution in [0.25, 0.3) is 11.3 Å². The number of furan rings is 1. The lowest BCUT2D eigenvalue weighted by molar-refractivity contribution is 0.0997. The van der Waals surface area contributed by atoms with E-state index in [2.05, 4.69) is 17.9 Å². The summed E-state index contributed by atoms with van der Waals surface area (Å²) in [5, 5.41) is 3.56. The van der Waals surface area contributed by atoms with Crippen molar-refractivity contribution in [1.82, 2.24) is 0 Å². The molecule has 3 aromatic rings. The quantitative estimate of drug-likeness (QED) is 0.577. The molecule has 3 rings (SSSR count). The van der Waals surface area contributed by atoms with Gasteiger partial charge in [0.05, 0.1) is 15.7 Å². The average Bonchev–Trinajstić information content (AvgIpc) is 3.02. The molecule has 3 nitrogen and oxygen atoms in total. The van der Waals surface area contributed by atoms with Crippen molar-refractivity contribution in [3.8, 4) is 11.3 Å². The van der Waals surface area contributed by atoms with Crippen molar-refractivity contribution in [3.63, 3.8) is 0 Å². The maximum absolute atomic E-state index is 12.3. The summed E-state index contributed by atoms with van der Waals surface area (Å²) in [5.74, 6) is 0.283. The smallest absolute Gasteiger partial charge is 0.291 e. The van der Waals surface area contributed by atoms with Crippen molar-refractivity contribution >= 4 is 47.4 Å². The Morgan fingerprint density at radius 1 is 1.00 bits per heavy atom. The molecule has 0 aliphatic carbocycles. The van der Waals surface area contributed by atoms with E-state index < -0.39 is 0 Å². The summed E-state index contributed by atoms with van der Waals surface area (Å²) in [7, 11) is 0. The van der Waals surface area contributed by atoms with Crippen LogP contribution in [0, 0.1) is 0 Å². The van der Waals surface area contributed by atoms with Crippen LogP contribution in [0.4, 0.5) is 5.69 Å². The van der Waals surface area contributed by atoms with Crippen LogP contribution in [0.15, 0.2) is 63.9 Å². The van der Waals surface area contributed by atoms with E-state index in [0.717, 1.165) is 0 Å². The van der Waals surface area contributed by atoms with E-state index in [1.807, 2.05) is 12.1 Å². The first-order chi connectivity index (χ1) is 11.1. The van der Waals surface area contributed by atoms with E-state index in [0.29, 0.717) is 32.0 Å². The van der Waals surface area contributed by atoms with Gasteiger partial charge in [0.2, 0.25) is 0 Å². The van der Waals surface area contributed by atoms with Gasteiger partial charge in [0.15, 0.2) is 5.76 Å². The van der Waals surface area contributed by atoms with Gasteiger partial charge in [-0.15, -0.1) is 12.6 Å². The number of hydrogen-bond donors (Lipinski definition) is 2. The van der Waals surface area contributed by atoms with Crippen LogP contribution in [0.1, 0.15) is 10.6 Å². The Labute approximate surface area is 148 Å². The summed E-state index contributed by atoms with van der Waals surface area (Å²) in [6, 6.07) is 15.7. The molecular formula is C17H11Cl2NO2S. The third kappa shape index (κ3) is 3.39. The molecule has 1 amide bonds. The molecule has 0 unspecified atom stereocenters. The van der Waals surface area contributed by atoms with E-state index >= 15 is 0 Å². The molecule has 0 saturated carbocycles. The average molecular weight is 364 g/mol. The molecule has 23 heavy (non-hydrogen) atoms. The molecular weight excluding hydrogens is 353 g/mol. The Bertz CT molecular complexity index is 877. The fourth-order valence-electron chi connectivity index (χ4n) is 2.06. The highest BCUT2D eigenvalue weighted by atomic mass is 35.5. The van der Waals surface area contributed by atoms with Crippen molar-refractivity contribution < 1.29 is 9.21 Å². The monoisotopic (exact) mass is 363 g/mol. The van der Waals surface area contributed by atoms with Crippen molar-refractivity contribution in [2.24, 2.45) is 0 Å². The van der Waals surface area contributed by atoms with Crippen LogP contribution in [0.3, 0.4) is 0 Å². The third-order valence-electron chi connectivity index (χ3n) is 3.20. The van der Waals surface area contributed by atoms with Gasteiger partial charge in [-0.25, -0.2) is 0 Å². The van der Waals surface area contributed by atoms with E-state index in [4.69, 9.17) is 27.6 Å². The van der Waals surface area contributed by atoms with Crippen LogP contribution in [0.2, 0.25) is 10.0 Å². The number of carbonyl (C=O) groups excluding carboxylic acids is 1. The summed E-state index contributed by atoms with van der Waals surface area (Å²) >= 11 is 16.5. The summed E-state index contributed by atoms with van der Waals surface area (Å²) in [4.78, 5) is 12.9. The minimum absolute atomic E-state index is 0.174. The maximum atomic E-state index is 12.3. The summed E-state index contributed by atoms with van der Waals surface area (Å²) in [5.41, 5.74) is 1.24. The van der Waals surface area contributed by atoms with Crippen LogP contribution in [0.5, 0.6) is 0 Å². The minimum Gasteiger partial charge on any atom is -0.451 e. The van der Waals surface area contributed by atoms with E-state index in [9.17, 15) is 4.79 Å². The van der Waals surface area contributed by atoms with Gasteiger partial charge in [0, 0.05) is 10.5 Å². The van der Waals surface area contributed by atoms with Crippen molar-refractivity contribution in [2.75, 3.05) is 5.32 Å². The van der Waals surface area contributed by atoms with Crippen molar-refractivity contribution in [1.29, 1.82) is 0 Å². The highest BCUT2D eigenvalue weighted by Crippen LogP contribution is 2.34. The SMILES string of the molecule is O=C(Nc1ccccc1S)c1ccc(-c2cccc(Cl)c2Cl)o1. The van der Waals surface area contributed by atoms with Gasteiger partial charge in [-0.05, 0) is 36.4 Å². The summed E-state index contributed by atoms with van der Waals surface area (Å²) in [6.45, 7) is 0. The Morgan fingerprint density at radius 2 is 1.78 bits per heavy atom. The third-order valence-corrected chi connectivity index (χ3v) is 4.41. The summed E-state index contributed by atoms with van der Waals surface area (Å²) in [6.07, 6.45) is 0. The fraction of sp³-hybridized carbons (Fsp3) is 0. The maximum Gasteiger partial charge on any atom is 0.291 e. The molecule has 2 aromatic carbocycles. The predicted octanol–water partition coefficient (Wildman–Crippen LogP) is 5.79. The normalized spacial score (nSPS) is 10.6. The van der Waals surface area contributed by atoms with Gasteiger partial charge in [-0.3, -0.25) is 4.79 Å². The van der Waals surface area contributed by atoms with E-state index in [1.165, 1.54) is 0 Å². The molecule has 0 fully saturated rings. The van der Waals surface area contributed by atoms with Gasteiger partial charge in [0.25, 0.3) is 5.91 Å². The Kier molecular flexibility index (Phi) is 4.66. The first-order valence-electron chi connectivity index (χ1n) is 6.70. The minimum atomic E-state index is -0.365. The second-order valence-corrected chi connectivity index (χ2v) is 6.00. The van der Waals surface area contributed by atoms with Gasteiger partial charge in [-0.1, -0.05) is 41.4 Å². The zero-order valence-electron chi connectivity index (χ0n) is 11.7. The molecule has 0 aliphatic rings. The molecule has 0 saturated heterocycles. The van der Waals surface area contributed by atoms with Crippen LogP contribution in [-0.2, 0) is 0 Å². The molecule has 0 spiro atoms. The van der Waals surface area contributed by atoms with Gasteiger partial charge in [0.1, 0.15) is 5.76 Å². The van der Waals surface area contributed by atoms with E-state index in [1.54, 1.807) is 42.5 Å². The van der Waals surface area contributed by atoms with Crippen molar-refractivity contribution in [3.05, 3.63) is 70.4 Å². The molecule has 116 valence electrons. The number of nitrogens with one attached hydrogen (secondary N) is 1. The fourth-order valence-corrected chi connectivity index (χ4v) is 2.67. The number of para-hydroxylation sites is 1. The molecule has 0 radical (unpaired) electrons. The van der Waals surface area contributed by atoms with Gasteiger partial charge < -0.3 is 9.73 Å². The Balaban J connectivity index is 1.86. The molecule has 0 atom stereocenters. The van der Waals surface area contributed by atoms with Gasteiger partial charge in [-0.2, -0.15) is 0 Å². The number of benzene rings is 2. The topological polar surface area (TPSA) is 42.2 Å². The number of hydrogen-bond acceptors (Lipinski definition) is 3. The summed E-state index contributed by atoms with van der Waals surface area (Å²) < 4.78 is 5.60. The molecule has 1 heterocycles. The number of rotatable bonds is 3. The van der Waals surface area contributed by atoms with Crippen LogP contribution in [-0.4, -0.2) is 5.91 Å². The molecule has 6 heteroatoms. The van der Waals surface area contributed by atoms with E-state index in [-0.39, 0.29) is 11.7 Å². The van der Waals surface area contributed by atoms with Crippen LogP contribution < -0.4 is 5.32 Å². The van der Waals surface area contributed by atoms with Crippen LogP contribution >= 0.6 is 35.8 Å². The molecule has 1 aromatic heterocycles. The number of amides is 1. The first-order valence-corrected chi connectivity index (χ1v) is 7.90. The number of thiol groups is 1. The Morgan fingerprint density at radius 3 is 2.57 bits per heavy atom. The number of halogens is 2. The largest absolute Gasteiger partial charge is 0.451 e. The molecule has 0 bridgehead atoms. The zero-order valence-corrected chi connectivity index (χ0v) is 14.1. The lowest BCUT2D eigenvalue weighted by atomic mass is 10.2. The van der Waals surface area contributed by atoms with Crippen molar-refractivity contribution in [2.45, 2.75) is 4.90 Å². The molecule has 0 aliphatic heterocycles. The highest BCUT2D eigenvalue weighted by molar-refractivity contribution is 7.80. The van der Waals surface area contributed by atoms with Gasteiger partial charge >= 0.3 is 0 Å². The second kappa shape index (κ2) is 6.71. The lowest BCUT2D eigenvalue weighted by Gasteiger charge is -2.06. The lowest BCUT2D eigenvalue weighted by Crippen LogP contribution is -2.11. The first kappa shape index (κ1) is 16.0. The number of anilines is 1.